The molecule has 10 heteroatoms. The molecular weight excluding hydrogens is 377 g/mol. The van der Waals surface area contributed by atoms with Crippen LogP contribution in [0.4, 0.5) is 18.0 Å². The second kappa shape index (κ2) is 6.95. The van der Waals surface area contributed by atoms with E-state index in [0.29, 0.717) is 5.56 Å². The van der Waals surface area contributed by atoms with Crippen LogP contribution in [-0.2, 0) is 16.1 Å². The van der Waals surface area contributed by atoms with Crippen LogP contribution >= 0.6 is 0 Å². The number of pyridine rings is 1. The van der Waals surface area contributed by atoms with Crippen LogP contribution in [0.2, 0.25) is 0 Å². The Morgan fingerprint density at radius 1 is 1.07 bits per heavy atom. The Morgan fingerprint density at radius 3 is 2.29 bits per heavy atom. The normalized spacial score (nSPS) is 17.9. The smallest absolute Gasteiger partial charge is 0.337 e. The van der Waals surface area contributed by atoms with E-state index in [0.717, 1.165) is 16.5 Å². The van der Waals surface area contributed by atoms with Crippen molar-refractivity contribution in [3.05, 3.63) is 64.3 Å². The third-order valence-electron chi connectivity index (χ3n) is 4.33. The molecule has 0 aromatic carbocycles. The van der Waals surface area contributed by atoms with E-state index in [4.69, 9.17) is 0 Å². The zero-order valence-electron chi connectivity index (χ0n) is 14.8. The molecule has 0 unspecified atom stereocenters. The quantitative estimate of drug-likeness (QED) is 0.595. The molecule has 1 aromatic heterocycles. The molecule has 3 heterocycles. The fourth-order valence-corrected chi connectivity index (χ4v) is 2.93. The Labute approximate surface area is 157 Å². The maximum absolute atomic E-state index is 13.7. The molecule has 0 spiro atoms. The predicted molar refractivity (Wildman–Crippen MR) is 91.1 cm³/mol. The number of amides is 4. The predicted octanol–water partition coefficient (Wildman–Crippen LogP) is 2.22. The van der Waals surface area contributed by atoms with Gasteiger partial charge in [-0.05, 0) is 48.8 Å². The minimum absolute atomic E-state index is 0.0679. The molecule has 0 atom stereocenters. The fourth-order valence-electron chi connectivity index (χ4n) is 2.93. The molecule has 7 nitrogen and oxygen atoms in total. The van der Waals surface area contributed by atoms with Crippen molar-refractivity contribution in [2.75, 3.05) is 0 Å². The van der Waals surface area contributed by atoms with E-state index in [9.17, 15) is 27.6 Å². The van der Waals surface area contributed by atoms with Crippen LogP contribution in [0.1, 0.15) is 18.1 Å². The van der Waals surface area contributed by atoms with Crippen LogP contribution in [0.15, 0.2) is 53.2 Å². The summed E-state index contributed by atoms with van der Waals surface area (Å²) < 4.78 is 41.2. The highest BCUT2D eigenvalue weighted by Crippen LogP contribution is 2.37. The van der Waals surface area contributed by atoms with Gasteiger partial charge < -0.3 is 4.90 Å². The van der Waals surface area contributed by atoms with Gasteiger partial charge in [-0.25, -0.2) is 4.79 Å². The number of aromatic nitrogens is 1. The van der Waals surface area contributed by atoms with Gasteiger partial charge in [0.2, 0.25) is 0 Å². The molecule has 0 saturated carbocycles. The van der Waals surface area contributed by atoms with Crippen LogP contribution < -0.4 is 10.6 Å². The second-order valence-electron chi connectivity index (χ2n) is 6.27. The second-order valence-corrected chi connectivity index (χ2v) is 6.27. The minimum Gasteiger partial charge on any atom is -0.337 e. The maximum Gasteiger partial charge on any atom is 0.431 e. The molecule has 2 N–H and O–H groups in total. The number of nitrogens with one attached hydrogen (secondary N) is 2. The van der Waals surface area contributed by atoms with Crippen molar-refractivity contribution in [2.24, 2.45) is 0 Å². The van der Waals surface area contributed by atoms with Crippen LogP contribution in [-0.4, -0.2) is 33.9 Å². The van der Waals surface area contributed by atoms with Crippen molar-refractivity contribution in [1.29, 1.82) is 0 Å². The number of hydrogen-bond donors (Lipinski definition) is 2. The van der Waals surface area contributed by atoms with Crippen molar-refractivity contribution < 1.29 is 27.6 Å². The van der Waals surface area contributed by atoms with E-state index in [2.05, 4.69) is 4.98 Å². The number of allylic oxidation sites excluding steroid dienone is 5. The molecule has 1 fully saturated rings. The van der Waals surface area contributed by atoms with Crippen LogP contribution in [0.25, 0.3) is 0 Å². The number of aryl methyl sites for hydroxylation is 1. The Balaban J connectivity index is 2.08. The van der Waals surface area contributed by atoms with Crippen molar-refractivity contribution >= 4 is 17.8 Å². The van der Waals surface area contributed by atoms with Gasteiger partial charge in [0.1, 0.15) is 11.3 Å². The molecule has 0 aliphatic carbocycles. The lowest BCUT2D eigenvalue weighted by atomic mass is 9.98. The summed E-state index contributed by atoms with van der Waals surface area (Å²) in [4.78, 5) is 40.1. The molecule has 146 valence electrons. The fraction of sp³-hybridized carbons (Fsp3) is 0.222. The zero-order valence-corrected chi connectivity index (χ0v) is 14.8. The van der Waals surface area contributed by atoms with Crippen molar-refractivity contribution in [3.63, 3.8) is 0 Å². The number of carbonyl (C=O) groups excluding carboxylic acids is 3. The summed E-state index contributed by atoms with van der Waals surface area (Å²) in [5.41, 5.74) is -0.247. The molecule has 1 aromatic rings. The van der Waals surface area contributed by atoms with Crippen LogP contribution in [0.3, 0.4) is 0 Å². The topological polar surface area (TPSA) is 91.4 Å². The molecule has 4 amide bonds. The molecular formula is C18H15F3N4O3. The van der Waals surface area contributed by atoms with Crippen LogP contribution in [0, 0.1) is 6.92 Å². The molecule has 28 heavy (non-hydrogen) atoms. The lowest BCUT2D eigenvalue weighted by Crippen LogP contribution is -2.52. The molecule has 0 radical (unpaired) electrons. The highest BCUT2D eigenvalue weighted by atomic mass is 19.4. The first-order valence-electron chi connectivity index (χ1n) is 8.13. The first kappa shape index (κ1) is 19.3. The first-order valence-corrected chi connectivity index (χ1v) is 8.13. The number of halogens is 3. The van der Waals surface area contributed by atoms with Gasteiger partial charge >= 0.3 is 12.2 Å². The van der Waals surface area contributed by atoms with E-state index in [1.807, 2.05) is 10.6 Å². The SMILES string of the molecule is CC1=CC(=C2C(=O)NC(=O)NC2=O)C=C(C(F)(F)F)N1Cc1ccncc1C. The van der Waals surface area contributed by atoms with Crippen molar-refractivity contribution in [3.8, 4) is 0 Å². The highest BCUT2D eigenvalue weighted by molar-refractivity contribution is 6.29. The number of carbonyl (C=O) groups is 3. The van der Waals surface area contributed by atoms with Gasteiger partial charge in [0.15, 0.2) is 0 Å². The maximum atomic E-state index is 13.7. The van der Waals surface area contributed by atoms with E-state index in [-0.39, 0.29) is 17.8 Å². The summed E-state index contributed by atoms with van der Waals surface area (Å²) in [6.07, 6.45) is 0.337. The Hall–Kier alpha value is -3.43. The standard InChI is InChI=1S/C18H15F3N4O3/c1-9-7-22-4-3-11(9)8-25-10(2)5-12(6-13(25)18(19,20)21)14-15(26)23-17(28)24-16(14)27/h3-7H,8H2,1-2H3,(H2,23,24,26,27,28). The van der Waals surface area contributed by atoms with E-state index in [1.54, 1.807) is 19.2 Å². The van der Waals surface area contributed by atoms with Gasteiger partial charge in [-0.15, -0.1) is 0 Å². The number of imide groups is 2. The summed E-state index contributed by atoms with van der Waals surface area (Å²) in [7, 11) is 0. The third kappa shape index (κ3) is 3.66. The summed E-state index contributed by atoms with van der Waals surface area (Å²) in [5.74, 6) is -2.10. The minimum atomic E-state index is -4.74. The number of alkyl halides is 3. The lowest BCUT2D eigenvalue weighted by molar-refractivity contribution is -0.124. The van der Waals surface area contributed by atoms with Crippen molar-refractivity contribution in [1.82, 2.24) is 20.5 Å². The average Bonchev–Trinajstić information content (AvgIpc) is 2.56. The Bertz CT molecular complexity index is 955. The number of nitrogens with zero attached hydrogens (tertiary/aromatic N) is 2. The third-order valence-corrected chi connectivity index (χ3v) is 4.33. The molecule has 0 bridgehead atoms. The molecule has 1 saturated heterocycles. The zero-order chi connectivity index (χ0) is 20.6. The van der Waals surface area contributed by atoms with E-state index in [1.165, 1.54) is 19.2 Å². The van der Waals surface area contributed by atoms with Gasteiger partial charge in [0, 0.05) is 24.6 Å². The molecule has 2 aliphatic heterocycles. The molecule has 3 rings (SSSR count). The average molecular weight is 392 g/mol. The van der Waals surface area contributed by atoms with E-state index < -0.39 is 35.3 Å². The first-order chi connectivity index (χ1) is 13.1. The van der Waals surface area contributed by atoms with Gasteiger partial charge in [0.25, 0.3) is 11.8 Å². The highest BCUT2D eigenvalue weighted by Gasteiger charge is 2.41. The van der Waals surface area contributed by atoms with Crippen LogP contribution in [0.5, 0.6) is 0 Å². The summed E-state index contributed by atoms with van der Waals surface area (Å²) >= 11 is 0. The number of urea groups is 1. The number of barbiturate groups is 1. The van der Waals surface area contributed by atoms with E-state index >= 15 is 0 Å². The van der Waals surface area contributed by atoms with Gasteiger partial charge in [-0.2, -0.15) is 13.2 Å². The summed E-state index contributed by atoms with van der Waals surface area (Å²) in [6, 6.07) is 0.601. The monoisotopic (exact) mass is 392 g/mol. The lowest BCUT2D eigenvalue weighted by Gasteiger charge is -2.33. The number of hydrogen-bond acceptors (Lipinski definition) is 5. The van der Waals surface area contributed by atoms with Crippen molar-refractivity contribution in [2.45, 2.75) is 26.6 Å². The molecule has 2 aliphatic rings. The Kier molecular flexibility index (Phi) is 4.80. The van der Waals surface area contributed by atoms with Gasteiger partial charge in [-0.1, -0.05) is 0 Å². The largest absolute Gasteiger partial charge is 0.431 e. The number of rotatable bonds is 2. The Morgan fingerprint density at radius 2 is 1.71 bits per heavy atom. The summed E-state index contributed by atoms with van der Waals surface area (Å²) in [5, 5.41) is 3.71. The van der Waals surface area contributed by atoms with Gasteiger partial charge in [0.05, 0.1) is 0 Å². The summed E-state index contributed by atoms with van der Waals surface area (Å²) in [6.45, 7) is 3.12. The van der Waals surface area contributed by atoms with Gasteiger partial charge in [-0.3, -0.25) is 25.2 Å².